The zero-order chi connectivity index (χ0) is 17.0. The topological polar surface area (TPSA) is 92.1 Å². The number of nitrogens with zero attached hydrogens (tertiary/aromatic N) is 2. The van der Waals surface area contributed by atoms with Gasteiger partial charge in [-0.25, -0.2) is 4.79 Å². The third-order valence-electron chi connectivity index (χ3n) is 3.41. The van der Waals surface area contributed by atoms with Gasteiger partial charge in [0, 0.05) is 18.0 Å². The van der Waals surface area contributed by atoms with Crippen LogP contribution in [0.1, 0.15) is 44.3 Å². The van der Waals surface area contributed by atoms with Crippen molar-refractivity contribution in [3.05, 3.63) is 51.0 Å². The summed E-state index contributed by atoms with van der Waals surface area (Å²) in [5, 5.41) is 11.2. The summed E-state index contributed by atoms with van der Waals surface area (Å²) in [4.78, 5) is 28.7. The number of pyridine rings is 1. The molecule has 2 amide bonds. The van der Waals surface area contributed by atoms with Crippen LogP contribution >= 0.6 is 11.3 Å². The lowest BCUT2D eigenvalue weighted by Crippen LogP contribution is -2.31. The van der Waals surface area contributed by atoms with Gasteiger partial charge in [0.1, 0.15) is 17.1 Å². The number of carbonyl (C=O) groups is 2. The predicted molar refractivity (Wildman–Crippen MR) is 85.1 cm³/mol. The Morgan fingerprint density at radius 3 is 2.70 bits per heavy atom. The van der Waals surface area contributed by atoms with Crippen LogP contribution in [0.25, 0.3) is 0 Å². The molecule has 2 aromatic heterocycles. The minimum atomic E-state index is -0.838. The summed E-state index contributed by atoms with van der Waals surface area (Å²) in [6.07, 6.45) is 1.84. The number of carbonyl (C=O) groups excluding carboxylic acids is 2. The van der Waals surface area contributed by atoms with Crippen LogP contribution in [0.5, 0.6) is 0 Å². The van der Waals surface area contributed by atoms with Crippen molar-refractivity contribution in [3.8, 4) is 6.07 Å². The van der Waals surface area contributed by atoms with Gasteiger partial charge in [-0.3, -0.25) is 15.1 Å². The standard InChI is InChI=1S/C16H15N3O3S/c1-9-10(2)14(23-13(9)7-17)15(20)19-16(21)22-11(3)12-5-4-6-18-8-12/h4-6,8,11H,1-3H3,(H,19,20,21)/t11-/m0/s1. The number of nitriles is 1. The lowest BCUT2D eigenvalue weighted by atomic mass is 10.1. The van der Waals surface area contributed by atoms with Crippen LogP contribution < -0.4 is 5.32 Å². The quantitative estimate of drug-likeness (QED) is 0.933. The molecule has 0 fully saturated rings. The van der Waals surface area contributed by atoms with Crippen LogP contribution in [0.3, 0.4) is 0 Å². The number of amides is 2. The molecule has 7 heteroatoms. The molecule has 118 valence electrons. The number of imide groups is 1. The number of hydrogen-bond acceptors (Lipinski definition) is 6. The van der Waals surface area contributed by atoms with Gasteiger partial charge in [-0.1, -0.05) is 6.07 Å². The van der Waals surface area contributed by atoms with Gasteiger partial charge < -0.3 is 4.74 Å². The number of aromatic nitrogens is 1. The third-order valence-corrected chi connectivity index (χ3v) is 4.71. The number of alkyl carbamates (subject to hydrolysis) is 1. The van der Waals surface area contributed by atoms with E-state index in [9.17, 15) is 9.59 Å². The van der Waals surface area contributed by atoms with E-state index in [1.807, 2.05) is 6.07 Å². The van der Waals surface area contributed by atoms with E-state index in [0.717, 1.165) is 22.5 Å². The van der Waals surface area contributed by atoms with Gasteiger partial charge in [-0.2, -0.15) is 5.26 Å². The summed E-state index contributed by atoms with van der Waals surface area (Å²) in [5.74, 6) is -0.569. The van der Waals surface area contributed by atoms with Crippen LogP contribution in [0.15, 0.2) is 24.5 Å². The molecule has 0 bridgehead atoms. The highest BCUT2D eigenvalue weighted by Crippen LogP contribution is 2.26. The Kier molecular flexibility index (Phi) is 5.09. The van der Waals surface area contributed by atoms with Gasteiger partial charge >= 0.3 is 6.09 Å². The van der Waals surface area contributed by atoms with Crippen LogP contribution in [0.2, 0.25) is 0 Å². The zero-order valence-electron chi connectivity index (χ0n) is 12.9. The molecule has 0 unspecified atom stereocenters. The smallest absolute Gasteiger partial charge is 0.414 e. The molecule has 0 aliphatic rings. The number of nitrogens with one attached hydrogen (secondary N) is 1. The second-order valence-electron chi connectivity index (χ2n) is 4.91. The van der Waals surface area contributed by atoms with E-state index in [0.29, 0.717) is 15.3 Å². The molecule has 0 spiro atoms. The van der Waals surface area contributed by atoms with Gasteiger partial charge in [0.15, 0.2) is 0 Å². The second kappa shape index (κ2) is 7.03. The van der Waals surface area contributed by atoms with E-state index in [1.165, 1.54) is 0 Å². The summed E-state index contributed by atoms with van der Waals surface area (Å²) in [6, 6.07) is 5.55. The van der Waals surface area contributed by atoms with E-state index in [2.05, 4.69) is 10.3 Å². The molecule has 1 atom stereocenters. The summed E-state index contributed by atoms with van der Waals surface area (Å²) in [7, 11) is 0. The Balaban J connectivity index is 2.03. The fraction of sp³-hybridized carbons (Fsp3) is 0.250. The Hall–Kier alpha value is -2.72. The lowest BCUT2D eigenvalue weighted by Gasteiger charge is -2.13. The molecular weight excluding hydrogens is 314 g/mol. The first-order chi connectivity index (χ1) is 10.9. The fourth-order valence-corrected chi connectivity index (χ4v) is 2.95. The highest BCUT2D eigenvalue weighted by atomic mass is 32.1. The number of rotatable bonds is 3. The third kappa shape index (κ3) is 3.73. The van der Waals surface area contributed by atoms with Gasteiger partial charge in [0.05, 0.1) is 4.88 Å². The first kappa shape index (κ1) is 16.6. The maximum atomic E-state index is 12.2. The molecule has 2 rings (SSSR count). The second-order valence-corrected chi connectivity index (χ2v) is 5.93. The number of thiophene rings is 1. The van der Waals surface area contributed by atoms with E-state index in [4.69, 9.17) is 10.00 Å². The predicted octanol–water partition coefficient (Wildman–Crippen LogP) is 3.26. The maximum Gasteiger partial charge on any atom is 0.414 e. The lowest BCUT2D eigenvalue weighted by molar-refractivity contribution is 0.0855. The molecule has 23 heavy (non-hydrogen) atoms. The number of hydrogen-bond donors (Lipinski definition) is 1. The molecule has 1 N–H and O–H groups in total. The van der Waals surface area contributed by atoms with Crippen LogP contribution in [-0.4, -0.2) is 17.0 Å². The Bertz CT molecular complexity index is 778. The normalized spacial score (nSPS) is 11.4. The van der Waals surface area contributed by atoms with Crippen LogP contribution in [0.4, 0.5) is 4.79 Å². The Labute approximate surface area is 137 Å². The molecule has 0 radical (unpaired) electrons. The van der Waals surface area contributed by atoms with Gasteiger partial charge in [0.2, 0.25) is 0 Å². The summed E-state index contributed by atoms with van der Waals surface area (Å²) < 4.78 is 5.16. The van der Waals surface area contributed by atoms with Crippen molar-refractivity contribution in [1.29, 1.82) is 5.26 Å². The molecule has 2 heterocycles. The average Bonchev–Trinajstić information content (AvgIpc) is 2.83. The molecule has 0 saturated carbocycles. The van der Waals surface area contributed by atoms with Crippen molar-refractivity contribution >= 4 is 23.3 Å². The fourth-order valence-electron chi connectivity index (χ4n) is 1.94. The van der Waals surface area contributed by atoms with Crippen molar-refractivity contribution < 1.29 is 14.3 Å². The van der Waals surface area contributed by atoms with Crippen LogP contribution in [-0.2, 0) is 4.74 Å². The minimum Gasteiger partial charge on any atom is -0.441 e. The molecular formula is C16H15N3O3S. The van der Waals surface area contributed by atoms with Crippen molar-refractivity contribution in [3.63, 3.8) is 0 Å². The minimum absolute atomic E-state index is 0.338. The van der Waals surface area contributed by atoms with E-state index >= 15 is 0 Å². The molecule has 6 nitrogen and oxygen atoms in total. The first-order valence-corrected chi connectivity index (χ1v) is 7.67. The summed E-state index contributed by atoms with van der Waals surface area (Å²) in [5.41, 5.74) is 2.17. The van der Waals surface area contributed by atoms with Gasteiger partial charge in [0.25, 0.3) is 5.91 Å². The van der Waals surface area contributed by atoms with E-state index in [1.54, 1.807) is 45.3 Å². The van der Waals surface area contributed by atoms with Crippen molar-refractivity contribution in [2.45, 2.75) is 26.9 Å². The SMILES string of the molecule is Cc1c(C#N)sc(C(=O)NC(=O)O[C@@H](C)c2cccnc2)c1C. The summed E-state index contributed by atoms with van der Waals surface area (Å²) in [6.45, 7) is 5.20. The summed E-state index contributed by atoms with van der Waals surface area (Å²) >= 11 is 1.06. The van der Waals surface area contributed by atoms with E-state index in [-0.39, 0.29) is 0 Å². The maximum absolute atomic E-state index is 12.2. The average molecular weight is 329 g/mol. The van der Waals surface area contributed by atoms with Crippen molar-refractivity contribution in [1.82, 2.24) is 10.3 Å². The van der Waals surface area contributed by atoms with Gasteiger partial charge in [-0.15, -0.1) is 11.3 Å². The first-order valence-electron chi connectivity index (χ1n) is 6.86. The van der Waals surface area contributed by atoms with Gasteiger partial charge in [-0.05, 0) is 38.0 Å². The molecule has 2 aromatic rings. The molecule has 0 saturated heterocycles. The molecule has 0 aliphatic heterocycles. The van der Waals surface area contributed by atoms with E-state index < -0.39 is 18.1 Å². The Morgan fingerprint density at radius 1 is 1.39 bits per heavy atom. The van der Waals surface area contributed by atoms with Crippen LogP contribution in [0, 0.1) is 25.2 Å². The Morgan fingerprint density at radius 2 is 2.13 bits per heavy atom. The highest BCUT2D eigenvalue weighted by Gasteiger charge is 2.21. The molecule has 0 aliphatic carbocycles. The largest absolute Gasteiger partial charge is 0.441 e. The molecule has 0 aromatic carbocycles. The zero-order valence-corrected chi connectivity index (χ0v) is 13.7. The number of ether oxygens (including phenoxy) is 1. The van der Waals surface area contributed by atoms with Crippen molar-refractivity contribution in [2.24, 2.45) is 0 Å². The highest BCUT2D eigenvalue weighted by molar-refractivity contribution is 7.15. The monoisotopic (exact) mass is 329 g/mol. The van der Waals surface area contributed by atoms with Crippen molar-refractivity contribution in [2.75, 3.05) is 0 Å².